The lowest BCUT2D eigenvalue weighted by atomic mass is 9.91. The number of methoxy groups -OCH3 is 1. The fraction of sp³-hybridized carbons (Fsp3) is 0.500. The van der Waals surface area contributed by atoms with E-state index in [0.717, 1.165) is 15.9 Å². The molecular formula is C30H38FN5O6S. The van der Waals surface area contributed by atoms with Crippen LogP contribution in [0, 0.1) is 24.6 Å². The van der Waals surface area contributed by atoms with Gasteiger partial charge in [0.15, 0.2) is 5.78 Å². The maximum Gasteiger partial charge on any atom is 0.333 e. The van der Waals surface area contributed by atoms with Crippen LogP contribution in [0.5, 0.6) is 5.75 Å². The summed E-state index contributed by atoms with van der Waals surface area (Å²) in [5.74, 6) is -0.674. The number of aliphatic hydroxyl groups excluding tert-OH is 1. The molecule has 2 atom stereocenters. The first-order valence-corrected chi connectivity index (χ1v) is 14.9. The summed E-state index contributed by atoms with van der Waals surface area (Å²) in [5, 5.41) is 18.8. The number of thiophene rings is 1. The van der Waals surface area contributed by atoms with Gasteiger partial charge in [-0.25, -0.2) is 13.8 Å². The molecule has 0 spiro atoms. The number of ketones is 1. The van der Waals surface area contributed by atoms with Crippen molar-refractivity contribution in [3.8, 4) is 10.8 Å². The molecule has 3 aromatic heterocycles. The van der Waals surface area contributed by atoms with Crippen molar-refractivity contribution in [3.05, 3.63) is 68.4 Å². The quantitative estimate of drug-likeness (QED) is 0.239. The highest BCUT2D eigenvalue weighted by Gasteiger charge is 2.36. The van der Waals surface area contributed by atoms with E-state index in [2.05, 4.69) is 10.2 Å². The SMILES string of the molecule is COc1ccc(F)cc1[C@H](Cn1c(=O)n(C(C)(C)C(=O)CC(C)C)c(=O)c2c(C)c(-n3nccn3)sc21)OCC(C)CO. The Labute approximate surface area is 252 Å². The van der Waals surface area contributed by atoms with Gasteiger partial charge in [0.1, 0.15) is 33.0 Å². The van der Waals surface area contributed by atoms with E-state index in [1.54, 1.807) is 27.7 Å². The van der Waals surface area contributed by atoms with E-state index in [1.165, 1.54) is 47.1 Å². The third-order valence-electron chi connectivity index (χ3n) is 7.40. The summed E-state index contributed by atoms with van der Waals surface area (Å²) >= 11 is 1.16. The first-order valence-electron chi connectivity index (χ1n) is 14.1. The van der Waals surface area contributed by atoms with Crippen molar-refractivity contribution in [1.82, 2.24) is 24.1 Å². The van der Waals surface area contributed by atoms with Gasteiger partial charge in [-0.05, 0) is 44.9 Å². The fourth-order valence-corrected chi connectivity index (χ4v) is 6.16. The Hall–Kier alpha value is -3.68. The van der Waals surface area contributed by atoms with Crippen molar-refractivity contribution in [2.75, 3.05) is 20.3 Å². The summed E-state index contributed by atoms with van der Waals surface area (Å²) in [6.45, 7) is 10.3. The summed E-state index contributed by atoms with van der Waals surface area (Å²) in [5.41, 5.74) is -1.88. The van der Waals surface area contributed by atoms with Crippen molar-refractivity contribution in [3.63, 3.8) is 0 Å². The molecule has 0 saturated carbocycles. The first-order chi connectivity index (χ1) is 20.3. The lowest BCUT2D eigenvalue weighted by molar-refractivity contribution is -0.127. The number of benzene rings is 1. The second-order valence-corrected chi connectivity index (χ2v) is 12.6. The number of aryl methyl sites for hydroxylation is 1. The standard InChI is InChI=1S/C30H38FN5O6S/c1-17(2)12-24(38)30(5,6)35-26(39)25-19(4)27(36-32-10-11-33-36)43-28(25)34(29(35)40)14-23(42-16-18(3)15-37)21-13-20(31)8-9-22(21)41-7/h8-11,13,17-18,23,37H,12,14-16H2,1-7H3/t18?,23-/m0/s1. The summed E-state index contributed by atoms with van der Waals surface area (Å²) in [7, 11) is 1.45. The number of carbonyl (C=O) groups excluding carboxylic acids is 1. The van der Waals surface area contributed by atoms with Crippen molar-refractivity contribution in [2.45, 2.75) is 66.2 Å². The second kappa shape index (κ2) is 12.9. The molecule has 1 aromatic carbocycles. The number of carbonyl (C=O) groups is 1. The predicted molar refractivity (Wildman–Crippen MR) is 162 cm³/mol. The maximum absolute atomic E-state index is 14.5. The van der Waals surface area contributed by atoms with Crippen LogP contribution >= 0.6 is 11.3 Å². The number of fused-ring (bicyclic) bond motifs is 1. The van der Waals surface area contributed by atoms with E-state index >= 15 is 0 Å². The number of rotatable bonds is 13. The van der Waals surface area contributed by atoms with E-state index in [1.807, 2.05) is 13.8 Å². The minimum atomic E-state index is -1.47. The van der Waals surface area contributed by atoms with Crippen molar-refractivity contribution in [1.29, 1.82) is 0 Å². The first kappa shape index (κ1) is 32.2. The molecule has 4 aromatic rings. The smallest absolute Gasteiger partial charge is 0.333 e. The number of aliphatic hydroxyl groups is 1. The molecule has 13 heteroatoms. The Bertz CT molecular complexity index is 1720. The Morgan fingerprint density at radius 1 is 1.16 bits per heavy atom. The fourth-order valence-electron chi connectivity index (χ4n) is 4.94. The van der Waals surface area contributed by atoms with Gasteiger partial charge in [-0.2, -0.15) is 10.2 Å². The lowest BCUT2D eigenvalue weighted by Gasteiger charge is -2.28. The summed E-state index contributed by atoms with van der Waals surface area (Å²) in [4.78, 5) is 43.6. The summed E-state index contributed by atoms with van der Waals surface area (Å²) < 4.78 is 28.7. The molecule has 0 aliphatic rings. The van der Waals surface area contributed by atoms with Gasteiger partial charge in [0.2, 0.25) is 0 Å². The third-order valence-corrected chi connectivity index (χ3v) is 8.68. The molecule has 0 aliphatic heterocycles. The molecule has 0 aliphatic carbocycles. The average Bonchev–Trinajstić information content (AvgIpc) is 3.60. The topological polar surface area (TPSA) is 130 Å². The van der Waals surface area contributed by atoms with Crippen LogP contribution in [-0.4, -0.2) is 55.3 Å². The number of aromatic nitrogens is 5. The van der Waals surface area contributed by atoms with Crippen LogP contribution in [0.4, 0.5) is 4.39 Å². The van der Waals surface area contributed by atoms with Crippen molar-refractivity contribution in [2.24, 2.45) is 11.8 Å². The third kappa shape index (κ3) is 6.34. The molecule has 0 fully saturated rings. The monoisotopic (exact) mass is 615 g/mol. The van der Waals surface area contributed by atoms with Gasteiger partial charge in [-0.1, -0.05) is 32.1 Å². The Morgan fingerprint density at radius 2 is 1.84 bits per heavy atom. The highest BCUT2D eigenvalue weighted by atomic mass is 32.1. The summed E-state index contributed by atoms with van der Waals surface area (Å²) in [6.07, 6.45) is 2.26. The molecule has 4 rings (SSSR count). The van der Waals surface area contributed by atoms with Gasteiger partial charge in [0.25, 0.3) is 5.56 Å². The van der Waals surface area contributed by atoms with Crippen LogP contribution in [0.3, 0.4) is 0 Å². The minimum Gasteiger partial charge on any atom is -0.496 e. The summed E-state index contributed by atoms with van der Waals surface area (Å²) in [6, 6.07) is 4.01. The maximum atomic E-state index is 14.5. The van der Waals surface area contributed by atoms with Crippen LogP contribution in [-0.2, 0) is 21.6 Å². The zero-order valence-corrected chi connectivity index (χ0v) is 26.3. The van der Waals surface area contributed by atoms with Gasteiger partial charge in [0, 0.05) is 30.1 Å². The van der Waals surface area contributed by atoms with Crippen LogP contribution in [0.15, 0.2) is 40.2 Å². The molecule has 3 heterocycles. The van der Waals surface area contributed by atoms with Gasteiger partial charge in [0.05, 0.1) is 38.0 Å². The van der Waals surface area contributed by atoms with Gasteiger partial charge in [-0.15, -0.1) is 4.80 Å². The molecule has 11 nitrogen and oxygen atoms in total. The number of nitrogens with zero attached hydrogens (tertiary/aromatic N) is 5. The van der Waals surface area contributed by atoms with E-state index < -0.39 is 28.7 Å². The molecule has 1 unspecified atom stereocenters. The van der Waals surface area contributed by atoms with Crippen LogP contribution in [0.2, 0.25) is 0 Å². The van der Waals surface area contributed by atoms with Crippen LogP contribution < -0.4 is 16.0 Å². The Kier molecular flexibility index (Phi) is 9.67. The van der Waals surface area contributed by atoms with Gasteiger partial charge >= 0.3 is 5.69 Å². The average molecular weight is 616 g/mol. The van der Waals surface area contributed by atoms with Gasteiger partial charge in [-0.3, -0.25) is 14.2 Å². The minimum absolute atomic E-state index is 0.0144. The highest BCUT2D eigenvalue weighted by molar-refractivity contribution is 7.21. The van der Waals surface area contributed by atoms with E-state index in [4.69, 9.17) is 9.47 Å². The molecule has 0 radical (unpaired) electrons. The number of hydrogen-bond donors (Lipinski definition) is 1. The van der Waals surface area contributed by atoms with Gasteiger partial charge < -0.3 is 14.6 Å². The number of ether oxygens (including phenoxy) is 2. The molecule has 0 amide bonds. The van der Waals surface area contributed by atoms with E-state index in [0.29, 0.717) is 26.7 Å². The van der Waals surface area contributed by atoms with Crippen molar-refractivity contribution >= 4 is 27.3 Å². The Morgan fingerprint density at radius 3 is 2.44 bits per heavy atom. The van der Waals surface area contributed by atoms with E-state index in [9.17, 15) is 23.9 Å². The predicted octanol–water partition coefficient (Wildman–Crippen LogP) is 4.00. The molecule has 232 valence electrons. The second-order valence-electron chi connectivity index (χ2n) is 11.6. The zero-order chi connectivity index (χ0) is 31.6. The molecular weight excluding hydrogens is 577 g/mol. The molecule has 43 heavy (non-hydrogen) atoms. The molecule has 1 N–H and O–H groups in total. The number of halogens is 1. The zero-order valence-electron chi connectivity index (χ0n) is 25.5. The largest absolute Gasteiger partial charge is 0.496 e. The molecule has 0 bridgehead atoms. The number of Topliss-reactive ketones (excluding diaryl/α,β-unsaturated/α-hetero) is 1. The van der Waals surface area contributed by atoms with Crippen LogP contribution in [0.25, 0.3) is 15.2 Å². The number of hydrogen-bond acceptors (Lipinski definition) is 9. The van der Waals surface area contributed by atoms with Crippen molar-refractivity contribution < 1.29 is 23.8 Å². The van der Waals surface area contributed by atoms with E-state index in [-0.39, 0.29) is 49.2 Å². The van der Waals surface area contributed by atoms with Crippen LogP contribution in [0.1, 0.15) is 58.3 Å². The lowest BCUT2D eigenvalue weighted by Crippen LogP contribution is -2.53. The molecule has 0 saturated heterocycles. The Balaban J connectivity index is 2.02. The normalized spacial score (nSPS) is 13.5. The highest BCUT2D eigenvalue weighted by Crippen LogP contribution is 2.34.